The highest BCUT2D eigenvalue weighted by Crippen LogP contribution is 2.43. The van der Waals surface area contributed by atoms with Crippen LogP contribution in [0.15, 0.2) is 78.9 Å². The first-order chi connectivity index (χ1) is 22.0. The van der Waals surface area contributed by atoms with Crippen molar-refractivity contribution in [1.82, 2.24) is 15.0 Å². The minimum atomic E-state index is -0.821. The van der Waals surface area contributed by atoms with E-state index < -0.39 is 11.5 Å². The van der Waals surface area contributed by atoms with Gasteiger partial charge in [-0.3, -0.25) is 0 Å². The van der Waals surface area contributed by atoms with Gasteiger partial charge in [-0.2, -0.15) is 0 Å². The SMILES string of the molecule is CCOCC(O)COc1cc(O)c(-c2nc(-c3ccc(C)cc3C)nc(-c3ccc(C)cc3C)n2)cc1C(C)(C)c1ccccc1. The van der Waals surface area contributed by atoms with Gasteiger partial charge in [-0.15, -0.1) is 0 Å². The van der Waals surface area contributed by atoms with Gasteiger partial charge in [-0.05, 0) is 57.4 Å². The number of benzene rings is 4. The van der Waals surface area contributed by atoms with Crippen LogP contribution in [0.2, 0.25) is 0 Å². The van der Waals surface area contributed by atoms with Crippen molar-refractivity contribution in [3.8, 4) is 45.7 Å². The summed E-state index contributed by atoms with van der Waals surface area (Å²) >= 11 is 0. The molecule has 1 heterocycles. The predicted molar refractivity (Wildman–Crippen MR) is 183 cm³/mol. The summed E-state index contributed by atoms with van der Waals surface area (Å²) in [5, 5.41) is 22.0. The predicted octanol–water partition coefficient (Wildman–Crippen LogP) is 7.91. The molecule has 0 saturated heterocycles. The van der Waals surface area contributed by atoms with E-state index in [2.05, 4.69) is 52.0 Å². The Balaban J connectivity index is 1.71. The summed E-state index contributed by atoms with van der Waals surface area (Å²) in [6.45, 7) is 15.0. The van der Waals surface area contributed by atoms with Gasteiger partial charge in [-0.25, -0.2) is 15.0 Å². The summed E-state index contributed by atoms with van der Waals surface area (Å²) in [7, 11) is 0. The number of ether oxygens (including phenoxy) is 2. The maximum atomic E-state index is 11.5. The maximum Gasteiger partial charge on any atom is 0.167 e. The van der Waals surface area contributed by atoms with Crippen LogP contribution in [-0.4, -0.2) is 51.1 Å². The standard InChI is InChI=1S/C39H43N3O4/c1-8-45-22-29(43)23-46-35-21-34(44)32(20-33(35)39(6,7)28-12-10-9-11-13-28)38-41-36(30-16-14-24(2)18-26(30)4)40-37(42-38)31-17-15-25(3)19-27(31)5/h9-21,29,43-44H,8,22-23H2,1-7H3. The molecule has 7 heteroatoms. The number of hydrogen-bond acceptors (Lipinski definition) is 7. The van der Waals surface area contributed by atoms with Crippen molar-refractivity contribution in [3.05, 3.63) is 112 Å². The summed E-state index contributed by atoms with van der Waals surface area (Å²) in [5.74, 6) is 1.83. The molecule has 7 nitrogen and oxygen atoms in total. The Morgan fingerprint density at radius 3 is 1.76 bits per heavy atom. The molecule has 46 heavy (non-hydrogen) atoms. The zero-order chi connectivity index (χ0) is 33.0. The molecule has 0 bridgehead atoms. The molecular weight excluding hydrogens is 574 g/mol. The van der Waals surface area contributed by atoms with Gasteiger partial charge in [0.25, 0.3) is 0 Å². The molecule has 4 aromatic carbocycles. The zero-order valence-corrected chi connectivity index (χ0v) is 27.8. The van der Waals surface area contributed by atoms with Gasteiger partial charge >= 0.3 is 0 Å². The highest BCUT2D eigenvalue weighted by molar-refractivity contribution is 5.74. The van der Waals surface area contributed by atoms with Crippen LogP contribution in [-0.2, 0) is 10.2 Å². The van der Waals surface area contributed by atoms with Crippen molar-refractivity contribution in [2.45, 2.75) is 60.0 Å². The third-order valence-electron chi connectivity index (χ3n) is 8.33. The molecule has 0 saturated carbocycles. The fraction of sp³-hybridized carbons (Fsp3) is 0.308. The minimum absolute atomic E-state index is 0.0100. The first-order valence-corrected chi connectivity index (χ1v) is 15.7. The summed E-state index contributed by atoms with van der Waals surface area (Å²) in [4.78, 5) is 14.9. The van der Waals surface area contributed by atoms with Crippen LogP contribution in [0.1, 0.15) is 54.2 Å². The van der Waals surface area contributed by atoms with E-state index in [1.165, 1.54) is 0 Å². The summed E-state index contributed by atoms with van der Waals surface area (Å²) in [5.41, 5.74) is 7.99. The Morgan fingerprint density at radius 1 is 0.696 bits per heavy atom. The molecule has 0 aliphatic rings. The Bertz CT molecular complexity index is 1770. The summed E-state index contributed by atoms with van der Waals surface area (Å²) < 4.78 is 11.5. The molecule has 0 amide bonds. The molecule has 1 aromatic heterocycles. The van der Waals surface area contributed by atoms with Gasteiger partial charge in [0.05, 0.1) is 12.2 Å². The van der Waals surface area contributed by atoms with Crippen molar-refractivity contribution in [1.29, 1.82) is 0 Å². The highest BCUT2D eigenvalue weighted by Gasteiger charge is 2.30. The zero-order valence-electron chi connectivity index (χ0n) is 27.8. The normalized spacial score (nSPS) is 12.3. The second-order valence-corrected chi connectivity index (χ2v) is 12.4. The summed E-state index contributed by atoms with van der Waals surface area (Å²) in [6.07, 6.45) is -0.821. The van der Waals surface area contributed by atoms with Gasteiger partial charge in [0, 0.05) is 34.8 Å². The fourth-order valence-corrected chi connectivity index (χ4v) is 5.72. The number of aliphatic hydroxyl groups is 1. The van der Waals surface area contributed by atoms with Crippen molar-refractivity contribution < 1.29 is 19.7 Å². The molecular formula is C39H43N3O4. The molecule has 238 valence electrons. The van der Waals surface area contributed by atoms with Gasteiger partial charge in [0.1, 0.15) is 24.2 Å². The number of nitrogens with zero attached hydrogens (tertiary/aromatic N) is 3. The van der Waals surface area contributed by atoms with E-state index in [0.29, 0.717) is 35.4 Å². The Kier molecular flexibility index (Phi) is 9.85. The Morgan fingerprint density at radius 2 is 1.24 bits per heavy atom. The van der Waals surface area contributed by atoms with E-state index in [1.807, 2.05) is 69.3 Å². The number of phenols is 1. The number of hydrogen-bond donors (Lipinski definition) is 2. The molecule has 1 unspecified atom stereocenters. The quantitative estimate of drug-likeness (QED) is 0.155. The second kappa shape index (κ2) is 13.8. The smallest absolute Gasteiger partial charge is 0.167 e. The number of rotatable bonds is 11. The fourth-order valence-electron chi connectivity index (χ4n) is 5.72. The highest BCUT2D eigenvalue weighted by atomic mass is 16.5. The summed E-state index contributed by atoms with van der Waals surface area (Å²) in [6, 6.07) is 26.0. The average Bonchev–Trinajstić information content (AvgIpc) is 3.02. The number of aryl methyl sites for hydroxylation is 4. The van der Waals surface area contributed by atoms with Crippen LogP contribution in [0.4, 0.5) is 0 Å². The number of phenolic OH excluding ortho intramolecular Hbond substituents is 1. The van der Waals surface area contributed by atoms with Gasteiger partial charge in [-0.1, -0.05) is 91.7 Å². The van der Waals surface area contributed by atoms with E-state index in [9.17, 15) is 10.2 Å². The topological polar surface area (TPSA) is 97.6 Å². The molecule has 0 radical (unpaired) electrons. The van der Waals surface area contributed by atoms with Crippen molar-refractivity contribution in [2.24, 2.45) is 0 Å². The monoisotopic (exact) mass is 617 g/mol. The van der Waals surface area contributed by atoms with E-state index in [4.69, 9.17) is 24.4 Å². The van der Waals surface area contributed by atoms with E-state index in [1.54, 1.807) is 6.07 Å². The third kappa shape index (κ3) is 7.11. The van der Waals surface area contributed by atoms with Gasteiger partial charge in [0.2, 0.25) is 0 Å². The number of aromatic hydroxyl groups is 1. The van der Waals surface area contributed by atoms with E-state index >= 15 is 0 Å². The first-order valence-electron chi connectivity index (χ1n) is 15.7. The lowest BCUT2D eigenvalue weighted by molar-refractivity contribution is 0.0161. The lowest BCUT2D eigenvalue weighted by atomic mass is 9.77. The number of aliphatic hydroxyl groups excluding tert-OH is 1. The third-order valence-corrected chi connectivity index (χ3v) is 8.33. The molecule has 5 aromatic rings. The van der Waals surface area contributed by atoms with Crippen LogP contribution >= 0.6 is 0 Å². The molecule has 2 N–H and O–H groups in total. The van der Waals surface area contributed by atoms with Crippen LogP contribution in [0.5, 0.6) is 11.5 Å². The lowest BCUT2D eigenvalue weighted by Gasteiger charge is -2.29. The van der Waals surface area contributed by atoms with Gasteiger partial charge in [0.15, 0.2) is 17.5 Å². The molecule has 0 aliphatic carbocycles. The first kappa shape index (κ1) is 32.8. The molecule has 5 rings (SSSR count). The Hall–Kier alpha value is -4.59. The van der Waals surface area contributed by atoms with Crippen LogP contribution in [0, 0.1) is 27.7 Å². The maximum absolute atomic E-state index is 11.5. The van der Waals surface area contributed by atoms with Crippen molar-refractivity contribution in [2.75, 3.05) is 19.8 Å². The van der Waals surface area contributed by atoms with Crippen LogP contribution in [0.25, 0.3) is 34.2 Å². The lowest BCUT2D eigenvalue weighted by Crippen LogP contribution is -2.25. The van der Waals surface area contributed by atoms with Gasteiger partial charge < -0.3 is 19.7 Å². The minimum Gasteiger partial charge on any atom is -0.507 e. The second-order valence-electron chi connectivity index (χ2n) is 12.4. The van der Waals surface area contributed by atoms with Crippen molar-refractivity contribution >= 4 is 0 Å². The Labute approximate surface area is 272 Å². The van der Waals surface area contributed by atoms with E-state index in [0.717, 1.165) is 44.5 Å². The average molecular weight is 618 g/mol. The van der Waals surface area contributed by atoms with Crippen LogP contribution in [0.3, 0.4) is 0 Å². The molecule has 0 spiro atoms. The molecule has 0 aliphatic heterocycles. The van der Waals surface area contributed by atoms with Crippen LogP contribution < -0.4 is 4.74 Å². The largest absolute Gasteiger partial charge is 0.507 e. The van der Waals surface area contributed by atoms with Crippen molar-refractivity contribution in [3.63, 3.8) is 0 Å². The molecule has 0 fully saturated rings. The number of aromatic nitrogens is 3. The molecule has 1 atom stereocenters. The van der Waals surface area contributed by atoms with E-state index in [-0.39, 0.29) is 19.0 Å².